The van der Waals surface area contributed by atoms with E-state index in [9.17, 15) is 0 Å². The zero-order chi connectivity index (χ0) is 14.4. The van der Waals surface area contributed by atoms with Crippen LogP contribution in [0.3, 0.4) is 0 Å². The maximum Gasteiger partial charge on any atom is 0.0713 e. The van der Waals surface area contributed by atoms with Crippen molar-refractivity contribution in [2.45, 2.75) is 33.0 Å². The molecule has 2 aromatic rings. The lowest BCUT2D eigenvalue weighted by molar-refractivity contribution is 0.185. The van der Waals surface area contributed by atoms with E-state index in [0.29, 0.717) is 12.6 Å². The number of ether oxygens (including phenoxy) is 1. The molecule has 0 saturated carbocycles. The molecule has 0 amide bonds. The second-order valence-electron chi connectivity index (χ2n) is 5.27. The standard InChI is InChI=1S/C18H23NO/c1-14-6-4-9-18(10-14)15(2)19-12-16-7-5-8-17(11-16)13-20-3/h4-11,15,19H,12-13H2,1-3H3/t15-/m0/s1. The molecule has 1 atom stereocenters. The van der Waals surface area contributed by atoms with Gasteiger partial charge in [-0.1, -0.05) is 54.1 Å². The van der Waals surface area contributed by atoms with Gasteiger partial charge in [0.25, 0.3) is 0 Å². The lowest BCUT2D eigenvalue weighted by atomic mass is 10.1. The molecule has 2 nitrogen and oxygen atoms in total. The molecule has 0 fully saturated rings. The lowest BCUT2D eigenvalue weighted by Gasteiger charge is -2.15. The van der Waals surface area contributed by atoms with Crippen LogP contribution in [0.5, 0.6) is 0 Å². The Morgan fingerprint density at radius 2 is 1.80 bits per heavy atom. The Morgan fingerprint density at radius 3 is 2.55 bits per heavy atom. The third kappa shape index (κ3) is 4.19. The molecule has 2 rings (SSSR count). The van der Waals surface area contributed by atoms with Gasteiger partial charge in [-0.05, 0) is 30.5 Å². The molecule has 2 heteroatoms. The Hall–Kier alpha value is -1.64. The van der Waals surface area contributed by atoms with Gasteiger partial charge in [0.2, 0.25) is 0 Å². The van der Waals surface area contributed by atoms with E-state index in [1.807, 2.05) is 0 Å². The topological polar surface area (TPSA) is 21.3 Å². The van der Waals surface area contributed by atoms with E-state index in [0.717, 1.165) is 6.54 Å². The quantitative estimate of drug-likeness (QED) is 0.856. The van der Waals surface area contributed by atoms with Crippen LogP contribution in [0.1, 0.15) is 35.2 Å². The maximum atomic E-state index is 5.17. The highest BCUT2D eigenvalue weighted by molar-refractivity contribution is 5.26. The predicted molar refractivity (Wildman–Crippen MR) is 83.6 cm³/mol. The molecule has 0 aromatic heterocycles. The van der Waals surface area contributed by atoms with E-state index >= 15 is 0 Å². The van der Waals surface area contributed by atoms with Gasteiger partial charge in [-0.3, -0.25) is 0 Å². The highest BCUT2D eigenvalue weighted by Gasteiger charge is 2.05. The van der Waals surface area contributed by atoms with Crippen LogP contribution in [0.2, 0.25) is 0 Å². The lowest BCUT2D eigenvalue weighted by Crippen LogP contribution is -2.18. The SMILES string of the molecule is COCc1cccc(CN[C@@H](C)c2cccc(C)c2)c1. The number of methoxy groups -OCH3 is 1. The molecule has 20 heavy (non-hydrogen) atoms. The fraction of sp³-hybridized carbons (Fsp3) is 0.333. The van der Waals surface area contributed by atoms with E-state index in [2.05, 4.69) is 67.7 Å². The molecule has 0 radical (unpaired) electrons. The molecule has 1 N–H and O–H groups in total. The van der Waals surface area contributed by atoms with Gasteiger partial charge in [0.15, 0.2) is 0 Å². The van der Waals surface area contributed by atoms with Crippen LogP contribution >= 0.6 is 0 Å². The first-order chi connectivity index (χ1) is 9.69. The minimum absolute atomic E-state index is 0.348. The van der Waals surface area contributed by atoms with Crippen LogP contribution in [-0.2, 0) is 17.9 Å². The first-order valence-electron chi connectivity index (χ1n) is 7.06. The molecule has 0 aliphatic carbocycles. The van der Waals surface area contributed by atoms with E-state index in [-0.39, 0.29) is 0 Å². The summed E-state index contributed by atoms with van der Waals surface area (Å²) < 4.78 is 5.17. The zero-order valence-electron chi connectivity index (χ0n) is 12.5. The van der Waals surface area contributed by atoms with Crippen molar-refractivity contribution >= 4 is 0 Å². The molecule has 0 saturated heterocycles. The van der Waals surface area contributed by atoms with Crippen molar-refractivity contribution in [1.29, 1.82) is 0 Å². The minimum atomic E-state index is 0.348. The van der Waals surface area contributed by atoms with Crippen molar-refractivity contribution in [3.63, 3.8) is 0 Å². The van der Waals surface area contributed by atoms with Crippen LogP contribution in [-0.4, -0.2) is 7.11 Å². The molecule has 106 valence electrons. The monoisotopic (exact) mass is 269 g/mol. The van der Waals surface area contributed by atoms with Crippen molar-refractivity contribution in [2.75, 3.05) is 7.11 Å². The van der Waals surface area contributed by atoms with Gasteiger partial charge >= 0.3 is 0 Å². The Bertz CT molecular complexity index is 551. The summed E-state index contributed by atoms with van der Waals surface area (Å²) in [6.45, 7) is 5.87. The number of hydrogen-bond acceptors (Lipinski definition) is 2. The fourth-order valence-electron chi connectivity index (χ4n) is 2.32. The van der Waals surface area contributed by atoms with Gasteiger partial charge in [-0.2, -0.15) is 0 Å². The summed E-state index contributed by atoms with van der Waals surface area (Å²) in [7, 11) is 1.73. The molecule has 0 aliphatic rings. The number of aryl methyl sites for hydroxylation is 1. The number of rotatable bonds is 6. The summed E-state index contributed by atoms with van der Waals surface area (Å²) in [6.07, 6.45) is 0. The van der Waals surface area contributed by atoms with Crippen molar-refractivity contribution < 1.29 is 4.74 Å². The minimum Gasteiger partial charge on any atom is -0.380 e. The van der Waals surface area contributed by atoms with Gasteiger partial charge in [-0.15, -0.1) is 0 Å². The normalized spacial score (nSPS) is 12.3. The van der Waals surface area contributed by atoms with Gasteiger partial charge in [-0.25, -0.2) is 0 Å². The summed E-state index contributed by atoms with van der Waals surface area (Å²) in [5.74, 6) is 0. The summed E-state index contributed by atoms with van der Waals surface area (Å²) in [5, 5.41) is 3.57. The largest absolute Gasteiger partial charge is 0.380 e. The fourth-order valence-corrected chi connectivity index (χ4v) is 2.32. The predicted octanol–water partition coefficient (Wildman–Crippen LogP) is 3.99. The molecule has 0 spiro atoms. The van der Waals surface area contributed by atoms with Crippen molar-refractivity contribution in [3.05, 3.63) is 70.8 Å². The summed E-state index contributed by atoms with van der Waals surface area (Å²) in [5.41, 5.74) is 5.14. The molecule has 0 aliphatic heterocycles. The Labute approximate surface area is 121 Å². The van der Waals surface area contributed by atoms with Gasteiger partial charge in [0.05, 0.1) is 6.61 Å². The van der Waals surface area contributed by atoms with Crippen molar-refractivity contribution in [1.82, 2.24) is 5.32 Å². The Kier molecular flexibility index (Phi) is 5.33. The van der Waals surface area contributed by atoms with Crippen LogP contribution in [0.4, 0.5) is 0 Å². The van der Waals surface area contributed by atoms with Gasteiger partial charge in [0, 0.05) is 19.7 Å². The summed E-state index contributed by atoms with van der Waals surface area (Å²) in [4.78, 5) is 0. The van der Waals surface area contributed by atoms with Crippen molar-refractivity contribution in [3.8, 4) is 0 Å². The zero-order valence-corrected chi connectivity index (χ0v) is 12.5. The van der Waals surface area contributed by atoms with Crippen LogP contribution < -0.4 is 5.32 Å². The molecule has 0 unspecified atom stereocenters. The van der Waals surface area contributed by atoms with Crippen LogP contribution in [0, 0.1) is 6.92 Å². The highest BCUT2D eigenvalue weighted by Crippen LogP contribution is 2.15. The van der Waals surface area contributed by atoms with Gasteiger partial charge < -0.3 is 10.1 Å². The van der Waals surface area contributed by atoms with E-state index in [1.54, 1.807) is 7.11 Å². The Morgan fingerprint density at radius 1 is 1.05 bits per heavy atom. The number of nitrogens with one attached hydrogen (secondary N) is 1. The average molecular weight is 269 g/mol. The second kappa shape index (κ2) is 7.22. The van der Waals surface area contributed by atoms with Crippen LogP contribution in [0.15, 0.2) is 48.5 Å². The van der Waals surface area contributed by atoms with Gasteiger partial charge in [0.1, 0.15) is 0 Å². The first-order valence-corrected chi connectivity index (χ1v) is 7.06. The van der Waals surface area contributed by atoms with E-state index < -0.39 is 0 Å². The van der Waals surface area contributed by atoms with Crippen molar-refractivity contribution in [2.24, 2.45) is 0 Å². The number of benzene rings is 2. The molecule has 0 heterocycles. The second-order valence-corrected chi connectivity index (χ2v) is 5.27. The average Bonchev–Trinajstić information content (AvgIpc) is 2.45. The van der Waals surface area contributed by atoms with Crippen LogP contribution in [0.25, 0.3) is 0 Å². The third-order valence-electron chi connectivity index (χ3n) is 3.46. The molecule has 2 aromatic carbocycles. The molecular weight excluding hydrogens is 246 g/mol. The Balaban J connectivity index is 1.96. The maximum absolute atomic E-state index is 5.17. The summed E-state index contributed by atoms with van der Waals surface area (Å²) >= 11 is 0. The molecule has 0 bridgehead atoms. The van der Waals surface area contributed by atoms with E-state index in [1.165, 1.54) is 22.3 Å². The molecular formula is C18H23NO. The summed E-state index contributed by atoms with van der Waals surface area (Å²) in [6, 6.07) is 17.5. The first kappa shape index (κ1) is 14.8. The highest BCUT2D eigenvalue weighted by atomic mass is 16.5. The van der Waals surface area contributed by atoms with E-state index in [4.69, 9.17) is 4.74 Å². The number of hydrogen-bond donors (Lipinski definition) is 1. The smallest absolute Gasteiger partial charge is 0.0713 e. The third-order valence-corrected chi connectivity index (χ3v) is 3.46.